The standard InChI is InChI=1S/C13H16N2O3/c1-2-14-12(16)8-15-6-10-4-3-9(13(17)18)5-11(10)7-15/h3-5H,2,6-8H2,1H3,(H,14,16)(H,17,18). The zero-order chi connectivity index (χ0) is 13.1. The van der Waals surface area contributed by atoms with Crippen molar-refractivity contribution in [1.82, 2.24) is 10.2 Å². The first kappa shape index (κ1) is 12.6. The average Bonchev–Trinajstić information content (AvgIpc) is 2.69. The lowest BCUT2D eigenvalue weighted by Crippen LogP contribution is -2.34. The van der Waals surface area contributed by atoms with E-state index in [1.165, 1.54) is 0 Å². The number of carboxylic acids is 1. The van der Waals surface area contributed by atoms with Gasteiger partial charge in [-0.05, 0) is 30.2 Å². The van der Waals surface area contributed by atoms with Crippen LogP contribution < -0.4 is 5.32 Å². The molecule has 2 rings (SSSR count). The normalized spacial score (nSPS) is 14.3. The molecule has 1 heterocycles. The lowest BCUT2D eigenvalue weighted by molar-refractivity contribution is -0.122. The van der Waals surface area contributed by atoms with Gasteiger partial charge in [-0.2, -0.15) is 0 Å². The Labute approximate surface area is 105 Å². The number of carboxylic acid groups (broad SMARTS) is 1. The van der Waals surface area contributed by atoms with E-state index in [1.54, 1.807) is 12.1 Å². The molecule has 1 aliphatic rings. The van der Waals surface area contributed by atoms with Crippen LogP contribution >= 0.6 is 0 Å². The predicted octanol–water partition coefficient (Wildman–Crippen LogP) is 0.836. The van der Waals surface area contributed by atoms with Crippen molar-refractivity contribution in [2.24, 2.45) is 0 Å². The summed E-state index contributed by atoms with van der Waals surface area (Å²) in [5.41, 5.74) is 2.40. The minimum atomic E-state index is -0.917. The van der Waals surface area contributed by atoms with Crippen molar-refractivity contribution >= 4 is 11.9 Å². The van der Waals surface area contributed by atoms with Gasteiger partial charge in [0.25, 0.3) is 0 Å². The van der Waals surface area contributed by atoms with Crippen LogP contribution in [0.15, 0.2) is 18.2 Å². The van der Waals surface area contributed by atoms with Gasteiger partial charge in [-0.25, -0.2) is 4.79 Å². The Kier molecular flexibility index (Phi) is 3.62. The first-order valence-electron chi connectivity index (χ1n) is 5.94. The molecular weight excluding hydrogens is 232 g/mol. The molecule has 0 bridgehead atoms. The fourth-order valence-corrected chi connectivity index (χ4v) is 2.17. The van der Waals surface area contributed by atoms with E-state index in [0.717, 1.165) is 11.1 Å². The molecular formula is C13H16N2O3. The summed E-state index contributed by atoms with van der Waals surface area (Å²) in [6, 6.07) is 5.13. The minimum Gasteiger partial charge on any atom is -0.478 e. The number of nitrogens with one attached hydrogen (secondary N) is 1. The van der Waals surface area contributed by atoms with Crippen LogP contribution in [0.25, 0.3) is 0 Å². The third-order valence-electron chi connectivity index (χ3n) is 2.98. The lowest BCUT2D eigenvalue weighted by atomic mass is 10.1. The Morgan fingerprint density at radius 3 is 2.72 bits per heavy atom. The molecule has 0 fully saturated rings. The van der Waals surface area contributed by atoms with Gasteiger partial charge in [0.1, 0.15) is 0 Å². The molecule has 0 radical (unpaired) electrons. The van der Waals surface area contributed by atoms with Crippen LogP contribution in [0, 0.1) is 0 Å². The van der Waals surface area contributed by atoms with Crippen molar-refractivity contribution in [2.45, 2.75) is 20.0 Å². The van der Waals surface area contributed by atoms with E-state index in [9.17, 15) is 9.59 Å². The molecule has 0 atom stereocenters. The van der Waals surface area contributed by atoms with Crippen molar-refractivity contribution in [2.75, 3.05) is 13.1 Å². The Bertz CT molecular complexity index is 485. The van der Waals surface area contributed by atoms with Crippen molar-refractivity contribution in [3.05, 3.63) is 34.9 Å². The van der Waals surface area contributed by atoms with Gasteiger partial charge in [0.05, 0.1) is 12.1 Å². The van der Waals surface area contributed by atoms with Gasteiger partial charge >= 0.3 is 5.97 Å². The molecule has 0 aliphatic carbocycles. The molecule has 5 nitrogen and oxygen atoms in total. The highest BCUT2D eigenvalue weighted by Crippen LogP contribution is 2.23. The summed E-state index contributed by atoms with van der Waals surface area (Å²) < 4.78 is 0. The molecule has 0 aromatic heterocycles. The summed E-state index contributed by atoms with van der Waals surface area (Å²) in [6.07, 6.45) is 0. The van der Waals surface area contributed by atoms with Gasteiger partial charge in [-0.1, -0.05) is 6.07 Å². The molecule has 1 aromatic carbocycles. The van der Waals surface area contributed by atoms with E-state index >= 15 is 0 Å². The summed E-state index contributed by atoms with van der Waals surface area (Å²) in [7, 11) is 0. The fourth-order valence-electron chi connectivity index (χ4n) is 2.17. The summed E-state index contributed by atoms with van der Waals surface area (Å²) in [4.78, 5) is 24.3. The Hall–Kier alpha value is -1.88. The number of hydrogen-bond donors (Lipinski definition) is 2. The number of hydrogen-bond acceptors (Lipinski definition) is 3. The zero-order valence-corrected chi connectivity index (χ0v) is 10.3. The quantitative estimate of drug-likeness (QED) is 0.828. The van der Waals surface area contributed by atoms with Crippen molar-refractivity contribution in [3.8, 4) is 0 Å². The maximum Gasteiger partial charge on any atom is 0.335 e. The topological polar surface area (TPSA) is 69.6 Å². The van der Waals surface area contributed by atoms with Crippen LogP contribution in [0.2, 0.25) is 0 Å². The van der Waals surface area contributed by atoms with Crippen molar-refractivity contribution in [3.63, 3.8) is 0 Å². The number of likely N-dealkylation sites (N-methyl/N-ethyl adjacent to an activating group) is 1. The molecule has 1 amide bonds. The maximum atomic E-state index is 11.5. The summed E-state index contributed by atoms with van der Waals surface area (Å²) in [5.74, 6) is -0.913. The van der Waals surface area contributed by atoms with Crippen LogP contribution in [0.4, 0.5) is 0 Å². The van der Waals surface area contributed by atoms with Crippen LogP contribution in [0.1, 0.15) is 28.4 Å². The first-order chi connectivity index (χ1) is 8.60. The van der Waals surface area contributed by atoms with E-state index in [-0.39, 0.29) is 5.91 Å². The molecule has 1 aliphatic heterocycles. The fraction of sp³-hybridized carbons (Fsp3) is 0.385. The molecule has 0 saturated carbocycles. The van der Waals surface area contributed by atoms with Gasteiger partial charge in [0.15, 0.2) is 0 Å². The van der Waals surface area contributed by atoms with Crippen molar-refractivity contribution in [1.29, 1.82) is 0 Å². The van der Waals surface area contributed by atoms with Crippen molar-refractivity contribution < 1.29 is 14.7 Å². The highest BCUT2D eigenvalue weighted by atomic mass is 16.4. The van der Waals surface area contributed by atoms with Gasteiger partial charge in [-0.15, -0.1) is 0 Å². The second kappa shape index (κ2) is 5.18. The molecule has 0 saturated heterocycles. The molecule has 96 valence electrons. The van der Waals surface area contributed by atoms with Gasteiger partial charge in [0.2, 0.25) is 5.91 Å². The number of carbonyl (C=O) groups excluding carboxylic acids is 1. The number of rotatable bonds is 4. The number of carbonyl (C=O) groups is 2. The third-order valence-corrected chi connectivity index (χ3v) is 2.98. The molecule has 2 N–H and O–H groups in total. The molecule has 5 heteroatoms. The van der Waals surface area contributed by atoms with Gasteiger partial charge in [-0.3, -0.25) is 9.69 Å². The molecule has 1 aromatic rings. The van der Waals surface area contributed by atoms with E-state index in [2.05, 4.69) is 5.32 Å². The average molecular weight is 248 g/mol. The Balaban J connectivity index is 2.04. The number of aromatic carboxylic acids is 1. The summed E-state index contributed by atoms with van der Waals surface area (Å²) in [6.45, 7) is 4.20. The summed E-state index contributed by atoms with van der Waals surface area (Å²) >= 11 is 0. The van der Waals surface area contributed by atoms with E-state index in [4.69, 9.17) is 5.11 Å². The number of nitrogens with zero attached hydrogens (tertiary/aromatic N) is 1. The predicted molar refractivity (Wildman–Crippen MR) is 66.2 cm³/mol. The zero-order valence-electron chi connectivity index (χ0n) is 10.3. The number of benzene rings is 1. The number of fused-ring (bicyclic) bond motifs is 1. The highest BCUT2D eigenvalue weighted by Gasteiger charge is 2.21. The van der Waals surface area contributed by atoms with Crippen LogP contribution in [-0.2, 0) is 17.9 Å². The minimum absolute atomic E-state index is 0.00349. The van der Waals surface area contributed by atoms with Crippen LogP contribution in [0.3, 0.4) is 0 Å². The van der Waals surface area contributed by atoms with Gasteiger partial charge < -0.3 is 10.4 Å². The SMILES string of the molecule is CCNC(=O)CN1Cc2ccc(C(=O)O)cc2C1. The smallest absolute Gasteiger partial charge is 0.335 e. The van der Waals surface area contributed by atoms with E-state index in [1.807, 2.05) is 17.9 Å². The van der Waals surface area contributed by atoms with Crippen LogP contribution in [0.5, 0.6) is 0 Å². The van der Waals surface area contributed by atoms with Crippen LogP contribution in [-0.4, -0.2) is 35.0 Å². The Morgan fingerprint density at radius 2 is 2.06 bits per heavy atom. The monoisotopic (exact) mass is 248 g/mol. The second-order valence-electron chi connectivity index (χ2n) is 4.39. The van der Waals surface area contributed by atoms with E-state index < -0.39 is 5.97 Å². The lowest BCUT2D eigenvalue weighted by Gasteiger charge is -2.13. The molecule has 18 heavy (non-hydrogen) atoms. The first-order valence-corrected chi connectivity index (χ1v) is 5.94. The second-order valence-corrected chi connectivity index (χ2v) is 4.39. The highest BCUT2D eigenvalue weighted by molar-refractivity contribution is 5.88. The number of amides is 1. The largest absolute Gasteiger partial charge is 0.478 e. The summed E-state index contributed by atoms with van der Waals surface area (Å²) in [5, 5.41) is 11.7. The maximum absolute atomic E-state index is 11.5. The third kappa shape index (κ3) is 2.68. The Morgan fingerprint density at radius 1 is 1.33 bits per heavy atom. The molecule has 0 spiro atoms. The van der Waals surface area contributed by atoms with Gasteiger partial charge in [0, 0.05) is 19.6 Å². The molecule has 0 unspecified atom stereocenters. The van der Waals surface area contributed by atoms with E-state index in [0.29, 0.717) is 31.7 Å².